The normalized spacial score (nSPS) is 14.7. The van der Waals surface area contributed by atoms with E-state index in [1.54, 1.807) is 13.8 Å². The minimum Gasteiger partial charge on any atom is -0.438 e. The second-order valence-corrected chi connectivity index (χ2v) is 5.04. The summed E-state index contributed by atoms with van der Waals surface area (Å²) in [6, 6.07) is 0. The molecule has 5 nitrogen and oxygen atoms in total. The number of aliphatic hydroxyl groups is 1. The van der Waals surface area contributed by atoms with Crippen molar-refractivity contribution < 1.29 is 14.3 Å². The Kier molecular flexibility index (Phi) is 4.28. The molecule has 0 saturated heterocycles. The molecule has 0 radical (unpaired) electrons. The number of carbonyl (C=O) groups excluding carboxylic acids is 1. The third-order valence-corrected chi connectivity index (χ3v) is 2.43. The molecule has 1 rings (SSSR count). The van der Waals surface area contributed by atoms with Gasteiger partial charge in [0.05, 0.1) is 11.3 Å². The second kappa shape index (κ2) is 5.31. The van der Waals surface area contributed by atoms with Gasteiger partial charge in [0.1, 0.15) is 0 Å². The maximum Gasteiger partial charge on any atom is 0.289 e. The Bertz CT molecular complexity index is 383. The van der Waals surface area contributed by atoms with Crippen LogP contribution in [0, 0.1) is 12.8 Å². The molecule has 0 bridgehead atoms. The van der Waals surface area contributed by atoms with Crippen molar-refractivity contribution in [3.05, 3.63) is 17.8 Å². The highest BCUT2D eigenvalue weighted by Crippen LogP contribution is 2.15. The second-order valence-electron chi connectivity index (χ2n) is 5.04. The molecule has 0 aliphatic heterocycles. The Morgan fingerprint density at radius 2 is 2.29 bits per heavy atom. The Morgan fingerprint density at radius 3 is 2.76 bits per heavy atom. The van der Waals surface area contributed by atoms with Gasteiger partial charge in [0.25, 0.3) is 5.91 Å². The zero-order valence-corrected chi connectivity index (χ0v) is 10.8. The smallest absolute Gasteiger partial charge is 0.289 e. The molecule has 0 aliphatic carbocycles. The topological polar surface area (TPSA) is 75.4 Å². The van der Waals surface area contributed by atoms with Crippen LogP contribution in [0.5, 0.6) is 0 Å². The van der Waals surface area contributed by atoms with Crippen LogP contribution < -0.4 is 5.32 Å². The van der Waals surface area contributed by atoms with Gasteiger partial charge in [0.2, 0.25) is 5.76 Å². The van der Waals surface area contributed by atoms with E-state index in [1.165, 1.54) is 6.39 Å². The molecular weight excluding hydrogens is 220 g/mol. The van der Waals surface area contributed by atoms with Crippen LogP contribution in [0.3, 0.4) is 0 Å². The van der Waals surface area contributed by atoms with Crippen molar-refractivity contribution in [2.75, 3.05) is 6.54 Å². The molecule has 1 unspecified atom stereocenters. The van der Waals surface area contributed by atoms with Crippen molar-refractivity contribution >= 4 is 5.91 Å². The molecule has 1 atom stereocenters. The number of aryl methyl sites for hydroxylation is 1. The van der Waals surface area contributed by atoms with E-state index in [0.717, 1.165) is 0 Å². The molecule has 0 aromatic carbocycles. The number of nitrogens with one attached hydrogen (secondary N) is 1. The zero-order valence-electron chi connectivity index (χ0n) is 10.8. The van der Waals surface area contributed by atoms with Crippen LogP contribution in [-0.4, -0.2) is 28.1 Å². The minimum atomic E-state index is -0.905. The molecule has 2 N–H and O–H groups in total. The van der Waals surface area contributed by atoms with Gasteiger partial charge in [0, 0.05) is 6.54 Å². The first-order valence-corrected chi connectivity index (χ1v) is 5.72. The van der Waals surface area contributed by atoms with E-state index >= 15 is 0 Å². The van der Waals surface area contributed by atoms with E-state index in [0.29, 0.717) is 18.0 Å². The fraction of sp³-hybridized carbons (Fsp3) is 0.667. The molecule has 1 aromatic heterocycles. The van der Waals surface area contributed by atoms with Crippen molar-refractivity contribution in [2.24, 2.45) is 5.92 Å². The van der Waals surface area contributed by atoms with E-state index in [-0.39, 0.29) is 18.2 Å². The highest BCUT2D eigenvalue weighted by Gasteiger charge is 2.24. The van der Waals surface area contributed by atoms with Gasteiger partial charge >= 0.3 is 0 Å². The number of nitrogens with zero attached hydrogens (tertiary/aromatic N) is 1. The lowest BCUT2D eigenvalue weighted by Crippen LogP contribution is -2.41. The van der Waals surface area contributed by atoms with Gasteiger partial charge in [-0.15, -0.1) is 0 Å². The molecule has 17 heavy (non-hydrogen) atoms. The third-order valence-electron chi connectivity index (χ3n) is 2.43. The zero-order chi connectivity index (χ0) is 13.1. The highest BCUT2D eigenvalue weighted by molar-refractivity contribution is 5.92. The van der Waals surface area contributed by atoms with Crippen LogP contribution in [0.15, 0.2) is 10.8 Å². The Hall–Kier alpha value is -1.36. The number of amides is 1. The van der Waals surface area contributed by atoms with Gasteiger partial charge in [-0.2, -0.15) is 0 Å². The molecule has 1 heterocycles. The summed E-state index contributed by atoms with van der Waals surface area (Å²) in [4.78, 5) is 15.5. The Labute approximate surface area is 101 Å². The fourth-order valence-corrected chi connectivity index (χ4v) is 1.82. The number of hydrogen-bond donors (Lipinski definition) is 2. The number of aromatic nitrogens is 1. The monoisotopic (exact) mass is 240 g/mol. The highest BCUT2D eigenvalue weighted by atomic mass is 16.3. The predicted molar refractivity (Wildman–Crippen MR) is 63.7 cm³/mol. The number of oxazole rings is 1. The summed E-state index contributed by atoms with van der Waals surface area (Å²) in [6.07, 6.45) is 1.86. The van der Waals surface area contributed by atoms with Crippen molar-refractivity contribution in [2.45, 2.75) is 39.7 Å². The average molecular weight is 240 g/mol. The molecule has 0 saturated carbocycles. The van der Waals surface area contributed by atoms with Gasteiger partial charge < -0.3 is 14.8 Å². The minimum absolute atomic E-state index is 0.199. The van der Waals surface area contributed by atoms with Gasteiger partial charge in [-0.1, -0.05) is 13.8 Å². The van der Waals surface area contributed by atoms with E-state index < -0.39 is 5.60 Å². The summed E-state index contributed by atoms with van der Waals surface area (Å²) in [5, 5.41) is 12.7. The van der Waals surface area contributed by atoms with Crippen LogP contribution in [0.1, 0.15) is 43.4 Å². The summed E-state index contributed by atoms with van der Waals surface area (Å²) in [6.45, 7) is 7.66. The van der Waals surface area contributed by atoms with E-state index in [4.69, 9.17) is 4.42 Å². The van der Waals surface area contributed by atoms with Crippen LogP contribution >= 0.6 is 0 Å². The van der Waals surface area contributed by atoms with Crippen molar-refractivity contribution in [1.29, 1.82) is 0 Å². The molecule has 5 heteroatoms. The fourth-order valence-electron chi connectivity index (χ4n) is 1.82. The Morgan fingerprint density at radius 1 is 1.65 bits per heavy atom. The van der Waals surface area contributed by atoms with Gasteiger partial charge in [0.15, 0.2) is 6.39 Å². The summed E-state index contributed by atoms with van der Waals surface area (Å²) >= 11 is 0. The summed E-state index contributed by atoms with van der Waals surface area (Å²) in [5.41, 5.74) is -0.358. The molecule has 1 aromatic rings. The average Bonchev–Trinajstić information content (AvgIpc) is 2.59. The molecule has 0 fully saturated rings. The summed E-state index contributed by atoms with van der Waals surface area (Å²) < 4.78 is 4.97. The van der Waals surface area contributed by atoms with Gasteiger partial charge in [-0.3, -0.25) is 4.79 Å². The first-order valence-electron chi connectivity index (χ1n) is 5.72. The van der Waals surface area contributed by atoms with Crippen molar-refractivity contribution in [3.8, 4) is 0 Å². The maximum absolute atomic E-state index is 11.7. The van der Waals surface area contributed by atoms with E-state index in [1.807, 2.05) is 13.8 Å². The van der Waals surface area contributed by atoms with Crippen LogP contribution in [0.25, 0.3) is 0 Å². The summed E-state index contributed by atoms with van der Waals surface area (Å²) in [7, 11) is 0. The van der Waals surface area contributed by atoms with Crippen molar-refractivity contribution in [1.82, 2.24) is 10.3 Å². The number of hydrogen-bond acceptors (Lipinski definition) is 4. The molecule has 0 spiro atoms. The third kappa shape index (κ3) is 4.19. The lowest BCUT2D eigenvalue weighted by molar-refractivity contribution is 0.0363. The lowest BCUT2D eigenvalue weighted by Gasteiger charge is -2.25. The number of carbonyl (C=O) groups is 1. The van der Waals surface area contributed by atoms with E-state index in [2.05, 4.69) is 10.3 Å². The number of rotatable bonds is 5. The SMILES string of the molecule is Cc1ncoc1C(=O)NCC(C)(O)CC(C)C. The molecule has 1 amide bonds. The first-order chi connectivity index (χ1) is 7.82. The van der Waals surface area contributed by atoms with Gasteiger partial charge in [-0.05, 0) is 26.2 Å². The maximum atomic E-state index is 11.7. The van der Waals surface area contributed by atoms with E-state index in [9.17, 15) is 9.90 Å². The summed E-state index contributed by atoms with van der Waals surface area (Å²) in [5.74, 6) is 0.225. The molecule has 0 aliphatic rings. The van der Waals surface area contributed by atoms with Crippen LogP contribution in [-0.2, 0) is 0 Å². The largest absolute Gasteiger partial charge is 0.438 e. The van der Waals surface area contributed by atoms with Crippen LogP contribution in [0.4, 0.5) is 0 Å². The predicted octanol–water partition coefficient (Wildman–Crippen LogP) is 1.51. The van der Waals surface area contributed by atoms with Crippen LogP contribution in [0.2, 0.25) is 0 Å². The molecular formula is C12H20N2O3. The van der Waals surface area contributed by atoms with Gasteiger partial charge in [-0.25, -0.2) is 4.98 Å². The first kappa shape index (κ1) is 13.7. The quantitative estimate of drug-likeness (QED) is 0.818. The standard InChI is InChI=1S/C12H20N2O3/c1-8(2)5-12(4,16)6-13-11(15)10-9(3)14-7-17-10/h7-8,16H,5-6H2,1-4H3,(H,13,15). The molecule has 96 valence electrons. The van der Waals surface area contributed by atoms with Crippen molar-refractivity contribution in [3.63, 3.8) is 0 Å². The lowest BCUT2D eigenvalue weighted by atomic mass is 9.94. The Balaban J connectivity index is 2.51.